The van der Waals surface area contributed by atoms with Crippen molar-refractivity contribution in [3.63, 3.8) is 0 Å². The first kappa shape index (κ1) is 16.7. The van der Waals surface area contributed by atoms with Crippen molar-refractivity contribution in [3.05, 3.63) is 83.1 Å². The van der Waals surface area contributed by atoms with E-state index in [0.717, 1.165) is 45.4 Å². The van der Waals surface area contributed by atoms with Gasteiger partial charge in [-0.25, -0.2) is 4.68 Å². The largest absolute Gasteiger partial charge is 0.307 e. The Morgan fingerprint density at radius 1 is 1.12 bits per heavy atom. The topological polar surface area (TPSA) is 46.9 Å². The van der Waals surface area contributed by atoms with Crippen LogP contribution in [0, 0.1) is 6.92 Å². The number of fused-ring (bicyclic) bond motifs is 1. The first-order valence-electron chi connectivity index (χ1n) is 8.51. The summed E-state index contributed by atoms with van der Waals surface area (Å²) in [6, 6.07) is 17.9. The minimum absolute atomic E-state index is 0.150. The van der Waals surface area contributed by atoms with Crippen molar-refractivity contribution in [1.82, 2.24) is 9.78 Å². The minimum atomic E-state index is -0.150. The molecule has 0 radical (unpaired) electrons. The Morgan fingerprint density at radius 2 is 1.88 bits per heavy atom. The molecule has 4 rings (SSSR count). The third-order valence-electron chi connectivity index (χ3n) is 4.36. The first-order valence-corrected chi connectivity index (χ1v) is 9.66. The van der Waals surface area contributed by atoms with Crippen LogP contribution in [-0.2, 0) is 16.3 Å². The molecule has 0 saturated carbocycles. The summed E-state index contributed by atoms with van der Waals surface area (Å²) in [5, 5.41) is 7.80. The van der Waals surface area contributed by atoms with Crippen LogP contribution in [0.15, 0.2) is 60.7 Å². The lowest BCUT2D eigenvalue weighted by Gasteiger charge is -2.12. The molecule has 26 heavy (non-hydrogen) atoms. The molecule has 1 aliphatic heterocycles. The lowest BCUT2D eigenvalue weighted by Crippen LogP contribution is -2.14. The maximum atomic E-state index is 12.5. The number of aromatic nitrogens is 2. The standard InChI is InChI=1S/C21H19N3OS/c1-15-7-5-6-10-19(15)24-21(17-13-26-14-18(17)23-24)22-20(25)12-11-16-8-3-2-4-9-16/h2-12H,13-14H2,1H3,(H,22,25)/b12-11-. The van der Waals surface area contributed by atoms with Crippen molar-refractivity contribution in [1.29, 1.82) is 0 Å². The minimum Gasteiger partial charge on any atom is -0.307 e. The number of nitrogens with zero attached hydrogens (tertiary/aromatic N) is 2. The van der Waals surface area contributed by atoms with E-state index >= 15 is 0 Å². The Morgan fingerprint density at radius 3 is 2.69 bits per heavy atom. The molecule has 1 aromatic heterocycles. The third kappa shape index (κ3) is 3.30. The number of aryl methyl sites for hydroxylation is 1. The Labute approximate surface area is 156 Å². The molecule has 2 heterocycles. The highest BCUT2D eigenvalue weighted by Crippen LogP contribution is 2.36. The smallest absolute Gasteiger partial charge is 0.249 e. The highest BCUT2D eigenvalue weighted by Gasteiger charge is 2.24. The van der Waals surface area contributed by atoms with Gasteiger partial charge in [-0.2, -0.15) is 16.9 Å². The van der Waals surface area contributed by atoms with Crippen LogP contribution in [0.1, 0.15) is 22.4 Å². The van der Waals surface area contributed by atoms with Gasteiger partial charge in [-0.1, -0.05) is 48.5 Å². The van der Waals surface area contributed by atoms with E-state index in [9.17, 15) is 4.79 Å². The Hall–Kier alpha value is -2.79. The molecule has 0 atom stereocenters. The van der Waals surface area contributed by atoms with Crippen LogP contribution < -0.4 is 5.32 Å². The van der Waals surface area contributed by atoms with E-state index in [-0.39, 0.29) is 5.91 Å². The molecule has 0 bridgehead atoms. The molecule has 0 aliphatic carbocycles. The van der Waals surface area contributed by atoms with Gasteiger partial charge in [-0.3, -0.25) is 4.79 Å². The van der Waals surface area contributed by atoms with Crippen molar-refractivity contribution in [2.24, 2.45) is 0 Å². The second-order valence-corrected chi connectivity index (χ2v) is 7.18. The number of hydrogen-bond donors (Lipinski definition) is 1. The summed E-state index contributed by atoms with van der Waals surface area (Å²) in [6.45, 7) is 2.05. The fourth-order valence-corrected chi connectivity index (χ4v) is 4.05. The normalized spacial score (nSPS) is 13.1. The van der Waals surface area contributed by atoms with Crippen LogP contribution in [0.3, 0.4) is 0 Å². The van der Waals surface area contributed by atoms with Gasteiger partial charge in [0.25, 0.3) is 0 Å². The van der Waals surface area contributed by atoms with Gasteiger partial charge in [-0.05, 0) is 30.2 Å². The van der Waals surface area contributed by atoms with Crippen molar-refractivity contribution < 1.29 is 4.79 Å². The second kappa shape index (κ2) is 7.22. The molecule has 130 valence electrons. The molecule has 1 N–H and O–H groups in total. The van der Waals surface area contributed by atoms with E-state index < -0.39 is 0 Å². The summed E-state index contributed by atoms with van der Waals surface area (Å²) in [7, 11) is 0. The molecule has 0 unspecified atom stereocenters. The molecule has 0 spiro atoms. The van der Waals surface area contributed by atoms with Crippen molar-refractivity contribution >= 4 is 29.6 Å². The maximum absolute atomic E-state index is 12.5. The molecule has 1 aliphatic rings. The van der Waals surface area contributed by atoms with Gasteiger partial charge in [-0.15, -0.1) is 0 Å². The van der Waals surface area contributed by atoms with Gasteiger partial charge >= 0.3 is 0 Å². The number of carbonyl (C=O) groups excluding carboxylic acids is 1. The molecular weight excluding hydrogens is 342 g/mol. The Bertz CT molecular complexity index is 976. The zero-order chi connectivity index (χ0) is 17.9. The quantitative estimate of drug-likeness (QED) is 0.692. The van der Waals surface area contributed by atoms with Gasteiger partial charge < -0.3 is 5.32 Å². The number of thioether (sulfide) groups is 1. The van der Waals surface area contributed by atoms with E-state index in [0.29, 0.717) is 0 Å². The summed E-state index contributed by atoms with van der Waals surface area (Å²) in [5.41, 5.74) is 5.29. The molecule has 4 nitrogen and oxygen atoms in total. The second-order valence-electron chi connectivity index (χ2n) is 6.20. The number of rotatable bonds is 4. The van der Waals surface area contributed by atoms with Gasteiger partial charge in [0, 0.05) is 23.1 Å². The van der Waals surface area contributed by atoms with E-state index in [2.05, 4.69) is 18.3 Å². The average molecular weight is 361 g/mol. The fourth-order valence-electron chi connectivity index (χ4n) is 3.01. The predicted octanol–water partition coefficient (Wildman–Crippen LogP) is 4.58. The van der Waals surface area contributed by atoms with Gasteiger partial charge in [0.2, 0.25) is 5.91 Å². The Balaban J connectivity index is 1.65. The average Bonchev–Trinajstić information content (AvgIpc) is 3.24. The third-order valence-corrected chi connectivity index (χ3v) is 5.33. The first-order chi connectivity index (χ1) is 12.7. The van der Waals surface area contributed by atoms with Gasteiger partial charge in [0.05, 0.1) is 11.4 Å². The predicted molar refractivity (Wildman–Crippen MR) is 107 cm³/mol. The van der Waals surface area contributed by atoms with Gasteiger partial charge in [0.15, 0.2) is 0 Å². The highest BCUT2D eigenvalue weighted by atomic mass is 32.2. The summed E-state index contributed by atoms with van der Waals surface area (Å²) in [6.07, 6.45) is 3.39. The summed E-state index contributed by atoms with van der Waals surface area (Å²) in [5.74, 6) is 2.39. The van der Waals surface area contributed by atoms with E-state index in [4.69, 9.17) is 5.10 Å². The summed E-state index contributed by atoms with van der Waals surface area (Å²) < 4.78 is 1.87. The monoisotopic (exact) mass is 361 g/mol. The lowest BCUT2D eigenvalue weighted by atomic mass is 10.2. The van der Waals surface area contributed by atoms with Crippen LogP contribution in [0.2, 0.25) is 0 Å². The van der Waals surface area contributed by atoms with Crippen LogP contribution in [0.4, 0.5) is 5.82 Å². The highest BCUT2D eigenvalue weighted by molar-refractivity contribution is 7.98. The zero-order valence-electron chi connectivity index (χ0n) is 14.5. The van der Waals surface area contributed by atoms with E-state index in [1.807, 2.05) is 71.1 Å². The molecule has 2 aromatic carbocycles. The molecule has 5 heteroatoms. The van der Waals surface area contributed by atoms with Gasteiger partial charge in [0.1, 0.15) is 5.82 Å². The molecule has 3 aromatic rings. The summed E-state index contributed by atoms with van der Waals surface area (Å²) >= 11 is 1.82. The number of carbonyl (C=O) groups is 1. The number of hydrogen-bond acceptors (Lipinski definition) is 3. The van der Waals surface area contributed by atoms with Crippen LogP contribution in [-0.4, -0.2) is 15.7 Å². The van der Waals surface area contributed by atoms with Crippen LogP contribution >= 0.6 is 11.8 Å². The number of anilines is 1. The van der Waals surface area contributed by atoms with Crippen LogP contribution in [0.5, 0.6) is 0 Å². The van der Waals surface area contributed by atoms with Crippen molar-refractivity contribution in [2.45, 2.75) is 18.4 Å². The number of benzene rings is 2. The maximum Gasteiger partial charge on any atom is 0.249 e. The number of amides is 1. The van der Waals surface area contributed by atoms with E-state index in [1.165, 1.54) is 0 Å². The fraction of sp³-hybridized carbons (Fsp3) is 0.143. The number of nitrogens with one attached hydrogen (secondary N) is 1. The van der Waals surface area contributed by atoms with Crippen molar-refractivity contribution in [3.8, 4) is 5.69 Å². The SMILES string of the molecule is Cc1ccccc1-n1nc2c(c1NC(=O)/C=C\c1ccccc1)CSC2. The Kier molecular flexibility index (Phi) is 4.63. The molecule has 0 fully saturated rings. The van der Waals surface area contributed by atoms with E-state index in [1.54, 1.807) is 6.08 Å². The zero-order valence-corrected chi connectivity index (χ0v) is 15.3. The summed E-state index contributed by atoms with van der Waals surface area (Å²) in [4.78, 5) is 12.5. The lowest BCUT2D eigenvalue weighted by molar-refractivity contribution is -0.111. The van der Waals surface area contributed by atoms with Crippen molar-refractivity contribution in [2.75, 3.05) is 5.32 Å². The molecule has 0 saturated heterocycles. The molecular formula is C21H19N3OS. The molecule has 1 amide bonds. The van der Waals surface area contributed by atoms with Crippen LogP contribution in [0.25, 0.3) is 11.8 Å². The number of para-hydroxylation sites is 1.